The Morgan fingerprint density at radius 2 is 1.95 bits per heavy atom. The fourth-order valence-corrected chi connectivity index (χ4v) is 2.88. The van der Waals surface area contributed by atoms with Gasteiger partial charge in [0.2, 0.25) is 0 Å². The Morgan fingerprint density at radius 1 is 1.16 bits per heavy atom. The van der Waals surface area contributed by atoms with E-state index in [-0.39, 0.29) is 0 Å². The average molecular weight is 253 g/mol. The molecule has 2 heteroatoms. The van der Waals surface area contributed by atoms with E-state index < -0.39 is 0 Å². The van der Waals surface area contributed by atoms with Crippen LogP contribution >= 0.6 is 0 Å². The van der Waals surface area contributed by atoms with Crippen LogP contribution in [0.1, 0.15) is 28.2 Å². The molecular weight excluding hydrogens is 234 g/mol. The van der Waals surface area contributed by atoms with Gasteiger partial charge >= 0.3 is 0 Å². The van der Waals surface area contributed by atoms with E-state index >= 15 is 0 Å². The fraction of sp³-hybridized carbons (Fsp3) is 0.294. The lowest BCUT2D eigenvalue weighted by atomic mass is 9.87. The second-order valence-corrected chi connectivity index (χ2v) is 5.25. The van der Waals surface area contributed by atoms with Crippen LogP contribution in [0, 0.1) is 6.92 Å². The minimum Gasteiger partial charge on any atom is -0.508 e. The number of benzene rings is 2. The molecule has 2 N–H and O–H groups in total. The molecule has 0 bridgehead atoms. The van der Waals surface area contributed by atoms with Gasteiger partial charge in [-0.25, -0.2) is 0 Å². The Kier molecular flexibility index (Phi) is 3.26. The van der Waals surface area contributed by atoms with E-state index in [2.05, 4.69) is 35.6 Å². The third-order valence-corrected chi connectivity index (χ3v) is 3.95. The molecule has 0 radical (unpaired) electrons. The van der Waals surface area contributed by atoms with Gasteiger partial charge in [0.05, 0.1) is 0 Å². The van der Waals surface area contributed by atoms with Crippen molar-refractivity contribution in [3.63, 3.8) is 0 Å². The van der Waals surface area contributed by atoms with Crippen molar-refractivity contribution >= 4 is 0 Å². The summed E-state index contributed by atoms with van der Waals surface area (Å²) in [5, 5.41) is 13.5. The molecule has 98 valence electrons. The molecule has 0 aliphatic carbocycles. The topological polar surface area (TPSA) is 32.3 Å². The highest BCUT2D eigenvalue weighted by Crippen LogP contribution is 2.33. The molecule has 0 amide bonds. The van der Waals surface area contributed by atoms with Crippen molar-refractivity contribution in [1.82, 2.24) is 5.32 Å². The first-order valence-corrected chi connectivity index (χ1v) is 6.84. The van der Waals surface area contributed by atoms with Crippen molar-refractivity contribution in [1.29, 1.82) is 0 Å². The molecule has 2 aromatic carbocycles. The fourth-order valence-electron chi connectivity index (χ4n) is 2.88. The maximum atomic E-state index is 10.0. The van der Waals surface area contributed by atoms with Gasteiger partial charge < -0.3 is 10.4 Å². The van der Waals surface area contributed by atoms with Crippen LogP contribution in [0.3, 0.4) is 0 Å². The number of hydrogen-bond acceptors (Lipinski definition) is 2. The third-order valence-electron chi connectivity index (χ3n) is 3.95. The van der Waals surface area contributed by atoms with Gasteiger partial charge in [0.1, 0.15) is 5.75 Å². The van der Waals surface area contributed by atoms with E-state index in [1.54, 1.807) is 0 Å². The summed E-state index contributed by atoms with van der Waals surface area (Å²) in [4.78, 5) is 0. The third kappa shape index (κ3) is 2.36. The zero-order valence-corrected chi connectivity index (χ0v) is 11.2. The lowest BCUT2D eigenvalue weighted by Crippen LogP contribution is -2.20. The van der Waals surface area contributed by atoms with Crippen molar-refractivity contribution in [2.75, 3.05) is 13.1 Å². The average Bonchev–Trinajstić information content (AvgIpc) is 2.63. The minimum atomic E-state index is 0.324. The smallest absolute Gasteiger partial charge is 0.118 e. The zero-order chi connectivity index (χ0) is 13.2. The largest absolute Gasteiger partial charge is 0.508 e. The van der Waals surface area contributed by atoms with Crippen LogP contribution in [0.25, 0.3) is 0 Å². The van der Waals surface area contributed by atoms with Crippen molar-refractivity contribution in [2.45, 2.75) is 19.3 Å². The van der Waals surface area contributed by atoms with Gasteiger partial charge in [0, 0.05) is 12.5 Å². The van der Waals surface area contributed by atoms with E-state index in [4.69, 9.17) is 0 Å². The molecular formula is C17H19NO. The van der Waals surface area contributed by atoms with Crippen molar-refractivity contribution < 1.29 is 5.11 Å². The summed E-state index contributed by atoms with van der Waals surface area (Å²) < 4.78 is 0. The Morgan fingerprint density at radius 3 is 2.74 bits per heavy atom. The van der Waals surface area contributed by atoms with Gasteiger partial charge in [-0.3, -0.25) is 0 Å². The SMILES string of the molecule is Cc1cc2c(cc1O)C(c1ccccc1)CNCC2. The Bertz CT molecular complexity index is 577. The number of aromatic hydroxyl groups is 1. The van der Waals surface area contributed by atoms with Crippen LogP contribution in [0.5, 0.6) is 5.75 Å². The second kappa shape index (κ2) is 5.06. The van der Waals surface area contributed by atoms with Crippen molar-refractivity contribution in [2.24, 2.45) is 0 Å². The number of rotatable bonds is 1. The molecule has 0 saturated carbocycles. The molecule has 3 rings (SSSR count). The number of phenols is 1. The molecule has 1 heterocycles. The Balaban J connectivity index is 2.11. The van der Waals surface area contributed by atoms with E-state index in [0.717, 1.165) is 25.1 Å². The van der Waals surface area contributed by atoms with E-state index in [1.807, 2.05) is 19.1 Å². The highest BCUT2D eigenvalue weighted by Gasteiger charge is 2.21. The van der Waals surface area contributed by atoms with Crippen LogP contribution in [-0.2, 0) is 6.42 Å². The molecule has 0 spiro atoms. The Hall–Kier alpha value is -1.80. The monoisotopic (exact) mass is 253 g/mol. The summed E-state index contributed by atoms with van der Waals surface area (Å²) in [7, 11) is 0. The molecule has 1 atom stereocenters. The summed E-state index contributed by atoms with van der Waals surface area (Å²) >= 11 is 0. The second-order valence-electron chi connectivity index (χ2n) is 5.25. The van der Waals surface area contributed by atoms with Crippen LogP contribution in [-0.4, -0.2) is 18.2 Å². The minimum absolute atomic E-state index is 0.324. The first-order chi connectivity index (χ1) is 9.25. The maximum Gasteiger partial charge on any atom is 0.118 e. The van der Waals surface area contributed by atoms with Crippen molar-refractivity contribution in [3.05, 3.63) is 64.7 Å². The predicted octanol–water partition coefficient (Wildman–Crippen LogP) is 2.98. The quantitative estimate of drug-likeness (QED) is 0.819. The number of fused-ring (bicyclic) bond motifs is 1. The summed E-state index contributed by atoms with van der Waals surface area (Å²) in [6, 6.07) is 14.6. The van der Waals surface area contributed by atoms with Crippen molar-refractivity contribution in [3.8, 4) is 5.75 Å². The summed E-state index contributed by atoms with van der Waals surface area (Å²) in [6.45, 7) is 3.89. The number of hydrogen-bond donors (Lipinski definition) is 2. The van der Waals surface area contributed by atoms with Crippen LogP contribution in [0.15, 0.2) is 42.5 Å². The van der Waals surface area contributed by atoms with E-state index in [9.17, 15) is 5.11 Å². The van der Waals surface area contributed by atoms with Gasteiger partial charge in [-0.2, -0.15) is 0 Å². The van der Waals surface area contributed by atoms with Gasteiger partial charge in [-0.15, -0.1) is 0 Å². The summed E-state index contributed by atoms with van der Waals surface area (Å²) in [5.41, 5.74) is 4.89. The molecule has 1 unspecified atom stereocenters. The standard InChI is InChI=1S/C17H19NO/c1-12-9-14-7-8-18-11-16(15(14)10-17(12)19)13-5-3-2-4-6-13/h2-6,9-10,16,18-19H,7-8,11H2,1H3. The van der Waals surface area contributed by atoms with Crippen LogP contribution < -0.4 is 5.32 Å². The molecule has 2 aromatic rings. The van der Waals surface area contributed by atoms with Crippen LogP contribution in [0.4, 0.5) is 0 Å². The van der Waals surface area contributed by atoms with Crippen LogP contribution in [0.2, 0.25) is 0 Å². The maximum absolute atomic E-state index is 10.0. The lowest BCUT2D eigenvalue weighted by Gasteiger charge is -2.19. The highest BCUT2D eigenvalue weighted by atomic mass is 16.3. The van der Waals surface area contributed by atoms with Gasteiger partial charge in [-0.05, 0) is 48.2 Å². The predicted molar refractivity (Wildman–Crippen MR) is 77.7 cm³/mol. The Labute approximate surface area is 114 Å². The lowest BCUT2D eigenvalue weighted by molar-refractivity contribution is 0.469. The highest BCUT2D eigenvalue weighted by molar-refractivity contribution is 5.47. The first-order valence-electron chi connectivity index (χ1n) is 6.84. The van der Waals surface area contributed by atoms with Gasteiger partial charge in [0.25, 0.3) is 0 Å². The molecule has 2 nitrogen and oxygen atoms in total. The molecule has 0 aromatic heterocycles. The number of aryl methyl sites for hydroxylation is 1. The molecule has 0 fully saturated rings. The van der Waals surface area contributed by atoms with Gasteiger partial charge in [0.15, 0.2) is 0 Å². The van der Waals surface area contributed by atoms with E-state index in [0.29, 0.717) is 11.7 Å². The molecule has 0 saturated heterocycles. The molecule has 1 aliphatic heterocycles. The summed E-state index contributed by atoms with van der Waals surface area (Å²) in [5.74, 6) is 0.729. The zero-order valence-electron chi connectivity index (χ0n) is 11.2. The molecule has 19 heavy (non-hydrogen) atoms. The van der Waals surface area contributed by atoms with Gasteiger partial charge in [-0.1, -0.05) is 36.4 Å². The molecule has 1 aliphatic rings. The normalized spacial score (nSPS) is 18.7. The summed E-state index contributed by atoms with van der Waals surface area (Å²) in [6.07, 6.45) is 1.03. The number of phenolic OH excluding ortho intramolecular Hbond substituents is 1. The number of nitrogens with one attached hydrogen (secondary N) is 1. The first kappa shape index (κ1) is 12.2. The van der Waals surface area contributed by atoms with E-state index in [1.165, 1.54) is 16.7 Å².